The maximum atomic E-state index is 12.7. The Morgan fingerprint density at radius 1 is 1.28 bits per heavy atom. The van der Waals surface area contributed by atoms with E-state index in [-0.39, 0.29) is 22.2 Å². The van der Waals surface area contributed by atoms with Gasteiger partial charge in [-0.05, 0) is 17.7 Å². The molecule has 0 unspecified atom stereocenters. The van der Waals surface area contributed by atoms with Crippen molar-refractivity contribution < 1.29 is 9.72 Å². The minimum atomic E-state index is -0.595. The van der Waals surface area contributed by atoms with E-state index in [0.29, 0.717) is 24.0 Å². The number of rotatable bonds is 4. The van der Waals surface area contributed by atoms with Crippen molar-refractivity contribution in [3.05, 3.63) is 74.8 Å². The highest BCUT2D eigenvalue weighted by molar-refractivity contribution is 8.13. The summed E-state index contributed by atoms with van der Waals surface area (Å²) in [6.07, 6.45) is 0. The van der Waals surface area contributed by atoms with Gasteiger partial charge in [-0.1, -0.05) is 53.7 Å². The van der Waals surface area contributed by atoms with Crippen molar-refractivity contribution in [1.29, 1.82) is 0 Å². The molecule has 0 spiro atoms. The zero-order chi connectivity index (χ0) is 17.8. The third-order valence-corrected chi connectivity index (χ3v) is 5.05. The molecule has 0 bridgehead atoms. The third kappa shape index (κ3) is 4.00. The normalized spacial score (nSPS) is 13.6. The van der Waals surface area contributed by atoms with Crippen LogP contribution in [-0.2, 0) is 5.75 Å². The van der Waals surface area contributed by atoms with Gasteiger partial charge in [0.05, 0.1) is 11.5 Å². The zero-order valence-corrected chi connectivity index (χ0v) is 14.7. The topological polar surface area (TPSA) is 75.8 Å². The van der Waals surface area contributed by atoms with Gasteiger partial charge in [0.15, 0.2) is 5.17 Å². The van der Waals surface area contributed by atoms with Crippen molar-refractivity contribution in [2.45, 2.75) is 5.75 Å². The van der Waals surface area contributed by atoms with Gasteiger partial charge in [-0.2, -0.15) is 0 Å². The monoisotopic (exact) mass is 375 g/mol. The van der Waals surface area contributed by atoms with Gasteiger partial charge in [0.25, 0.3) is 11.6 Å². The Labute approximate surface area is 153 Å². The number of carbonyl (C=O) groups excluding carboxylic acids is 1. The number of nitro groups is 1. The predicted molar refractivity (Wildman–Crippen MR) is 99.2 cm³/mol. The molecule has 0 aromatic heterocycles. The third-order valence-electron chi connectivity index (χ3n) is 3.65. The van der Waals surface area contributed by atoms with Crippen LogP contribution < -0.4 is 0 Å². The molecule has 0 saturated heterocycles. The predicted octanol–water partition coefficient (Wildman–Crippen LogP) is 3.99. The number of halogens is 1. The quantitative estimate of drug-likeness (QED) is 0.598. The minimum absolute atomic E-state index is 0.00955. The van der Waals surface area contributed by atoms with Gasteiger partial charge in [-0.25, -0.2) is 0 Å². The van der Waals surface area contributed by atoms with Crippen LogP contribution in [0.1, 0.15) is 15.9 Å². The van der Waals surface area contributed by atoms with E-state index in [9.17, 15) is 14.9 Å². The molecule has 1 heterocycles. The molecule has 3 rings (SSSR count). The number of aliphatic imine (C=N–C) groups is 1. The Morgan fingerprint density at radius 2 is 2.04 bits per heavy atom. The fourth-order valence-corrected chi connectivity index (χ4v) is 3.59. The molecule has 1 aliphatic heterocycles. The molecule has 0 atom stereocenters. The van der Waals surface area contributed by atoms with Gasteiger partial charge in [0.1, 0.15) is 5.02 Å². The average Bonchev–Trinajstić information content (AvgIpc) is 3.09. The number of nitro benzene ring substituents is 1. The molecule has 2 aromatic rings. The number of thioether (sulfide) groups is 1. The highest BCUT2D eigenvalue weighted by Crippen LogP contribution is 2.27. The molecular weight excluding hydrogens is 362 g/mol. The molecule has 6 nitrogen and oxygen atoms in total. The summed E-state index contributed by atoms with van der Waals surface area (Å²) < 4.78 is 0. The van der Waals surface area contributed by atoms with Crippen LogP contribution in [-0.4, -0.2) is 34.0 Å². The second-order valence-electron chi connectivity index (χ2n) is 5.32. The van der Waals surface area contributed by atoms with Gasteiger partial charge in [0.2, 0.25) is 0 Å². The summed E-state index contributed by atoms with van der Waals surface area (Å²) in [5.41, 5.74) is 1.09. The number of carbonyl (C=O) groups is 1. The summed E-state index contributed by atoms with van der Waals surface area (Å²) in [7, 11) is 0. The first-order valence-electron chi connectivity index (χ1n) is 7.53. The highest BCUT2D eigenvalue weighted by atomic mass is 35.5. The summed E-state index contributed by atoms with van der Waals surface area (Å²) >= 11 is 7.28. The molecule has 0 radical (unpaired) electrons. The van der Waals surface area contributed by atoms with E-state index in [1.807, 2.05) is 30.3 Å². The van der Waals surface area contributed by atoms with E-state index in [0.717, 1.165) is 5.56 Å². The number of amides is 1. The average molecular weight is 376 g/mol. The SMILES string of the molecule is O=C(c1ccc(Cl)c([N+](=O)[O-])c1)N1CCN=C1SCc1ccccc1. The van der Waals surface area contributed by atoms with Crippen LogP contribution >= 0.6 is 23.4 Å². The Morgan fingerprint density at radius 3 is 2.76 bits per heavy atom. The van der Waals surface area contributed by atoms with Crippen LogP contribution in [0.5, 0.6) is 0 Å². The molecule has 0 N–H and O–H groups in total. The first kappa shape index (κ1) is 17.4. The molecule has 2 aromatic carbocycles. The molecule has 8 heteroatoms. The van der Waals surface area contributed by atoms with Gasteiger partial charge < -0.3 is 0 Å². The lowest BCUT2D eigenvalue weighted by Crippen LogP contribution is -2.32. The number of amidine groups is 1. The second-order valence-corrected chi connectivity index (χ2v) is 6.67. The summed E-state index contributed by atoms with van der Waals surface area (Å²) in [5, 5.41) is 11.7. The van der Waals surface area contributed by atoms with Gasteiger partial charge in [-0.3, -0.25) is 24.8 Å². The van der Waals surface area contributed by atoms with Crippen molar-refractivity contribution in [1.82, 2.24) is 4.90 Å². The van der Waals surface area contributed by atoms with Crippen molar-refractivity contribution in [3.8, 4) is 0 Å². The van der Waals surface area contributed by atoms with Crippen LogP contribution in [0.25, 0.3) is 0 Å². The van der Waals surface area contributed by atoms with Gasteiger partial charge in [-0.15, -0.1) is 0 Å². The van der Waals surface area contributed by atoms with E-state index < -0.39 is 4.92 Å². The van der Waals surface area contributed by atoms with Crippen molar-refractivity contribution in [2.75, 3.05) is 13.1 Å². The van der Waals surface area contributed by atoms with Gasteiger partial charge in [0, 0.05) is 23.9 Å². The summed E-state index contributed by atoms with van der Waals surface area (Å²) in [6.45, 7) is 0.991. The Hall–Kier alpha value is -2.38. The summed E-state index contributed by atoms with van der Waals surface area (Å²) in [5.74, 6) is 0.390. The maximum Gasteiger partial charge on any atom is 0.288 e. The molecule has 25 heavy (non-hydrogen) atoms. The fourth-order valence-electron chi connectivity index (χ4n) is 2.40. The van der Waals surface area contributed by atoms with Crippen LogP contribution in [0.15, 0.2) is 53.5 Å². The number of hydrogen-bond donors (Lipinski definition) is 0. The lowest BCUT2D eigenvalue weighted by atomic mass is 10.2. The second kappa shape index (κ2) is 7.67. The Balaban J connectivity index is 1.74. The van der Waals surface area contributed by atoms with Crippen molar-refractivity contribution >= 4 is 40.1 Å². The highest BCUT2D eigenvalue weighted by Gasteiger charge is 2.27. The maximum absolute atomic E-state index is 12.7. The number of benzene rings is 2. The fraction of sp³-hybridized carbons (Fsp3) is 0.176. The Kier molecular flexibility index (Phi) is 5.35. The van der Waals surface area contributed by atoms with E-state index in [1.54, 1.807) is 4.90 Å². The molecule has 1 aliphatic rings. The van der Waals surface area contributed by atoms with E-state index in [1.165, 1.54) is 30.0 Å². The van der Waals surface area contributed by atoms with Gasteiger partial charge >= 0.3 is 0 Å². The largest absolute Gasteiger partial charge is 0.288 e. The van der Waals surface area contributed by atoms with Crippen molar-refractivity contribution in [2.24, 2.45) is 4.99 Å². The first-order chi connectivity index (χ1) is 12.1. The van der Waals surface area contributed by atoms with Crippen LogP contribution in [0.4, 0.5) is 5.69 Å². The van der Waals surface area contributed by atoms with E-state index in [2.05, 4.69) is 4.99 Å². The smallest absolute Gasteiger partial charge is 0.286 e. The number of nitrogens with zero attached hydrogens (tertiary/aromatic N) is 3. The Bertz CT molecular complexity index is 842. The summed E-state index contributed by atoms with van der Waals surface area (Å²) in [6, 6.07) is 14.0. The summed E-state index contributed by atoms with van der Waals surface area (Å²) in [4.78, 5) is 29.1. The zero-order valence-electron chi connectivity index (χ0n) is 13.1. The van der Waals surface area contributed by atoms with E-state index in [4.69, 9.17) is 11.6 Å². The molecule has 0 fully saturated rings. The van der Waals surface area contributed by atoms with Crippen molar-refractivity contribution in [3.63, 3.8) is 0 Å². The lowest BCUT2D eigenvalue weighted by molar-refractivity contribution is -0.384. The van der Waals surface area contributed by atoms with Crippen LogP contribution in [0, 0.1) is 10.1 Å². The molecular formula is C17H14ClN3O3S. The molecule has 0 aliphatic carbocycles. The minimum Gasteiger partial charge on any atom is -0.286 e. The molecule has 0 saturated carbocycles. The molecule has 128 valence electrons. The standard InChI is InChI=1S/C17H14ClN3O3S/c18-14-7-6-13(10-15(14)21(23)24)16(22)20-9-8-19-17(20)25-11-12-4-2-1-3-5-12/h1-7,10H,8-9,11H2. The first-order valence-corrected chi connectivity index (χ1v) is 8.89. The van der Waals surface area contributed by atoms with Crippen LogP contribution in [0.2, 0.25) is 5.02 Å². The number of hydrogen-bond acceptors (Lipinski definition) is 5. The molecule has 1 amide bonds. The lowest BCUT2D eigenvalue weighted by Gasteiger charge is -2.18. The van der Waals surface area contributed by atoms with E-state index >= 15 is 0 Å². The van der Waals surface area contributed by atoms with Crippen LogP contribution in [0.3, 0.4) is 0 Å².